The van der Waals surface area contributed by atoms with Gasteiger partial charge in [-0.3, -0.25) is 14.3 Å². The average molecular weight is 255 g/mol. The lowest BCUT2D eigenvalue weighted by Gasteiger charge is -2.07. The minimum Gasteiger partial charge on any atom is -0.396 e. The molecule has 8 heteroatoms. The normalized spacial score (nSPS) is 10.3. The van der Waals surface area contributed by atoms with Gasteiger partial charge in [0.2, 0.25) is 5.91 Å². The number of carbonyl (C=O) groups is 2. The first-order valence-electron chi connectivity index (χ1n) is 5.51. The lowest BCUT2D eigenvalue weighted by atomic mass is 10.3. The summed E-state index contributed by atoms with van der Waals surface area (Å²) in [6.45, 7) is 2.72. The molecule has 0 aromatic carbocycles. The van der Waals surface area contributed by atoms with E-state index in [0.29, 0.717) is 17.9 Å². The molecule has 1 aromatic heterocycles. The maximum Gasteiger partial charge on any atom is 0.271 e. The summed E-state index contributed by atoms with van der Waals surface area (Å²) in [6.07, 6.45) is 1.43. The summed E-state index contributed by atoms with van der Waals surface area (Å²) in [6, 6.07) is 0. The van der Waals surface area contributed by atoms with Crippen LogP contribution in [0.1, 0.15) is 17.4 Å². The van der Waals surface area contributed by atoms with Gasteiger partial charge in [0.25, 0.3) is 5.91 Å². The van der Waals surface area contributed by atoms with Crippen molar-refractivity contribution in [3.8, 4) is 0 Å². The van der Waals surface area contributed by atoms with Crippen molar-refractivity contribution in [1.82, 2.24) is 15.1 Å². The zero-order valence-corrected chi connectivity index (χ0v) is 10.2. The van der Waals surface area contributed by atoms with E-state index in [1.54, 1.807) is 0 Å². The number of carbonyl (C=O) groups excluding carboxylic acids is 2. The number of aryl methyl sites for hydroxylation is 1. The van der Waals surface area contributed by atoms with E-state index < -0.39 is 5.91 Å². The number of nitrogens with one attached hydrogen (secondary N) is 1. The van der Waals surface area contributed by atoms with Gasteiger partial charge in [-0.05, 0) is 6.92 Å². The predicted octanol–water partition coefficient (Wildman–Crippen LogP) is -1.28. The highest BCUT2D eigenvalue weighted by Gasteiger charge is 2.15. The number of hydrogen-bond donors (Lipinski definition) is 3. The molecule has 8 nitrogen and oxygen atoms in total. The van der Waals surface area contributed by atoms with Crippen molar-refractivity contribution in [3.63, 3.8) is 0 Å². The van der Waals surface area contributed by atoms with Gasteiger partial charge in [-0.1, -0.05) is 0 Å². The van der Waals surface area contributed by atoms with E-state index in [9.17, 15) is 9.59 Å². The molecule has 0 fully saturated rings. The van der Waals surface area contributed by atoms with Crippen LogP contribution < -0.4 is 16.8 Å². The van der Waals surface area contributed by atoms with Crippen molar-refractivity contribution in [2.75, 3.05) is 25.5 Å². The van der Waals surface area contributed by atoms with Crippen LogP contribution in [0.2, 0.25) is 0 Å². The van der Waals surface area contributed by atoms with E-state index in [-0.39, 0.29) is 25.7 Å². The minimum atomic E-state index is -0.547. The van der Waals surface area contributed by atoms with Gasteiger partial charge in [-0.15, -0.1) is 0 Å². The van der Waals surface area contributed by atoms with Crippen LogP contribution in [-0.4, -0.2) is 41.4 Å². The first-order valence-corrected chi connectivity index (χ1v) is 5.51. The van der Waals surface area contributed by atoms with Crippen LogP contribution in [-0.2, 0) is 16.1 Å². The Morgan fingerprint density at radius 2 is 2.28 bits per heavy atom. The zero-order valence-electron chi connectivity index (χ0n) is 10.2. The van der Waals surface area contributed by atoms with E-state index in [4.69, 9.17) is 16.2 Å². The molecule has 0 radical (unpaired) electrons. The number of hydrogen-bond acceptors (Lipinski definition) is 5. The van der Waals surface area contributed by atoms with E-state index in [1.165, 1.54) is 10.9 Å². The van der Waals surface area contributed by atoms with Gasteiger partial charge in [0.05, 0.1) is 18.5 Å². The number of rotatable bonds is 7. The summed E-state index contributed by atoms with van der Waals surface area (Å²) in [5, 5.41) is 6.58. The smallest absolute Gasteiger partial charge is 0.271 e. The number of amides is 2. The first kappa shape index (κ1) is 14.0. The molecule has 18 heavy (non-hydrogen) atoms. The third kappa shape index (κ3) is 3.74. The highest BCUT2D eigenvalue weighted by Crippen LogP contribution is 2.09. The molecule has 0 aliphatic heterocycles. The maximum absolute atomic E-state index is 11.8. The van der Waals surface area contributed by atoms with Crippen molar-refractivity contribution in [2.45, 2.75) is 13.5 Å². The number of anilines is 1. The summed E-state index contributed by atoms with van der Waals surface area (Å²) < 4.78 is 6.42. The second kappa shape index (κ2) is 6.60. The molecule has 2 amide bonds. The summed E-state index contributed by atoms with van der Waals surface area (Å²) in [5.41, 5.74) is 11.2. The zero-order chi connectivity index (χ0) is 13.5. The predicted molar refractivity (Wildman–Crippen MR) is 64.7 cm³/mol. The Morgan fingerprint density at radius 3 is 2.89 bits per heavy atom. The van der Waals surface area contributed by atoms with Crippen molar-refractivity contribution >= 4 is 17.5 Å². The Labute approximate surface area is 104 Å². The number of ether oxygens (including phenoxy) is 1. The molecule has 0 saturated carbocycles. The molecule has 0 unspecified atom stereocenters. The van der Waals surface area contributed by atoms with E-state index >= 15 is 0 Å². The van der Waals surface area contributed by atoms with Crippen molar-refractivity contribution in [3.05, 3.63) is 11.9 Å². The van der Waals surface area contributed by atoms with E-state index in [0.717, 1.165) is 0 Å². The Morgan fingerprint density at radius 1 is 1.56 bits per heavy atom. The Bertz CT molecular complexity index is 429. The fraction of sp³-hybridized carbons (Fsp3) is 0.500. The largest absolute Gasteiger partial charge is 0.396 e. The first-order chi connectivity index (χ1) is 8.56. The maximum atomic E-state index is 11.8. The molecule has 1 rings (SSSR count). The molecular formula is C10H17N5O3. The van der Waals surface area contributed by atoms with Crippen LogP contribution in [0.3, 0.4) is 0 Å². The van der Waals surface area contributed by atoms with Gasteiger partial charge in [-0.2, -0.15) is 5.10 Å². The summed E-state index contributed by atoms with van der Waals surface area (Å²) in [7, 11) is 0. The third-order valence-electron chi connectivity index (χ3n) is 2.16. The average Bonchev–Trinajstić information content (AvgIpc) is 2.69. The molecule has 1 heterocycles. The van der Waals surface area contributed by atoms with Crippen LogP contribution in [0.4, 0.5) is 5.69 Å². The third-order valence-corrected chi connectivity index (χ3v) is 2.16. The minimum absolute atomic E-state index is 0.162. The highest BCUT2D eigenvalue weighted by atomic mass is 16.5. The highest BCUT2D eigenvalue weighted by molar-refractivity contribution is 5.97. The second-order valence-electron chi connectivity index (χ2n) is 3.54. The number of nitrogens with zero attached hydrogens (tertiary/aromatic N) is 2. The van der Waals surface area contributed by atoms with Crippen LogP contribution in [0.15, 0.2) is 6.20 Å². The van der Waals surface area contributed by atoms with Gasteiger partial charge in [-0.25, -0.2) is 0 Å². The van der Waals surface area contributed by atoms with Crippen molar-refractivity contribution in [1.29, 1.82) is 0 Å². The van der Waals surface area contributed by atoms with Gasteiger partial charge in [0.1, 0.15) is 12.3 Å². The van der Waals surface area contributed by atoms with Crippen molar-refractivity contribution < 1.29 is 14.3 Å². The molecule has 0 bridgehead atoms. The molecule has 1 aromatic rings. The van der Waals surface area contributed by atoms with Crippen LogP contribution in [0.25, 0.3) is 0 Å². The molecular weight excluding hydrogens is 238 g/mol. The summed E-state index contributed by atoms with van der Waals surface area (Å²) >= 11 is 0. The lowest BCUT2D eigenvalue weighted by Crippen LogP contribution is -2.31. The van der Waals surface area contributed by atoms with Crippen LogP contribution >= 0.6 is 0 Å². The quantitative estimate of drug-likeness (QED) is 0.523. The van der Waals surface area contributed by atoms with Gasteiger partial charge in [0, 0.05) is 13.1 Å². The van der Waals surface area contributed by atoms with Gasteiger partial charge < -0.3 is 21.5 Å². The molecule has 0 saturated heterocycles. The Balaban J connectivity index is 2.41. The molecule has 100 valence electrons. The van der Waals surface area contributed by atoms with Gasteiger partial charge in [0.15, 0.2) is 0 Å². The number of nitrogen functional groups attached to an aromatic ring is 1. The van der Waals surface area contributed by atoms with Crippen LogP contribution in [0.5, 0.6) is 0 Å². The number of primary amides is 1. The van der Waals surface area contributed by atoms with Crippen LogP contribution in [0, 0.1) is 0 Å². The molecule has 5 N–H and O–H groups in total. The standard InChI is InChI=1S/C10H17N5O3/c1-2-15-9(7(11)5-14-15)10(17)13-3-4-18-6-8(12)16/h5H,2-4,6,11H2,1H3,(H2,12,16)(H,13,17). The Hall–Kier alpha value is -2.09. The summed E-state index contributed by atoms with van der Waals surface area (Å²) in [5.74, 6) is -0.871. The molecule has 0 aliphatic rings. The van der Waals surface area contributed by atoms with E-state index in [2.05, 4.69) is 10.4 Å². The number of nitrogens with two attached hydrogens (primary N) is 2. The second-order valence-corrected chi connectivity index (χ2v) is 3.54. The Kier molecular flexibility index (Phi) is 5.12. The molecule has 0 aliphatic carbocycles. The van der Waals surface area contributed by atoms with Gasteiger partial charge >= 0.3 is 0 Å². The molecule has 0 atom stereocenters. The number of aromatic nitrogens is 2. The van der Waals surface area contributed by atoms with E-state index in [1.807, 2.05) is 6.92 Å². The summed E-state index contributed by atoms with van der Waals surface area (Å²) in [4.78, 5) is 22.2. The lowest BCUT2D eigenvalue weighted by molar-refractivity contribution is -0.122. The fourth-order valence-electron chi connectivity index (χ4n) is 1.38. The molecule has 0 spiro atoms. The SMILES string of the molecule is CCn1ncc(N)c1C(=O)NCCOCC(N)=O. The van der Waals surface area contributed by atoms with Crippen molar-refractivity contribution in [2.24, 2.45) is 5.73 Å². The fourth-order valence-corrected chi connectivity index (χ4v) is 1.38. The monoisotopic (exact) mass is 255 g/mol. The topological polar surface area (TPSA) is 125 Å².